The Labute approximate surface area is 145 Å². The highest BCUT2D eigenvalue weighted by atomic mass is 16.5. The van der Waals surface area contributed by atoms with Gasteiger partial charge in [0.1, 0.15) is 11.6 Å². The second kappa shape index (κ2) is 7.02. The molecule has 1 atom stereocenters. The average Bonchev–Trinajstić information content (AvgIpc) is 3.34. The summed E-state index contributed by atoms with van der Waals surface area (Å²) in [5, 5.41) is 19.1. The van der Waals surface area contributed by atoms with Crippen molar-refractivity contribution in [3.63, 3.8) is 0 Å². The van der Waals surface area contributed by atoms with Crippen LogP contribution in [0.4, 0.5) is 5.82 Å². The van der Waals surface area contributed by atoms with E-state index in [1.165, 1.54) is 23.0 Å². The SMILES string of the molecule is COc1ccc([C@@H](CNc2ccc3nnnn3n2)N2CCCC2)cc1. The van der Waals surface area contributed by atoms with E-state index in [1.807, 2.05) is 24.3 Å². The maximum atomic E-state index is 5.28. The van der Waals surface area contributed by atoms with Crippen molar-refractivity contribution < 1.29 is 4.74 Å². The minimum Gasteiger partial charge on any atom is -0.497 e. The summed E-state index contributed by atoms with van der Waals surface area (Å²) < 4.78 is 6.71. The molecule has 1 aliphatic heterocycles. The average molecular weight is 339 g/mol. The molecule has 130 valence electrons. The van der Waals surface area contributed by atoms with Crippen LogP contribution in [0.5, 0.6) is 5.75 Å². The highest BCUT2D eigenvalue weighted by Gasteiger charge is 2.23. The summed E-state index contributed by atoms with van der Waals surface area (Å²) in [4.78, 5) is 2.52. The molecular weight excluding hydrogens is 318 g/mol. The predicted molar refractivity (Wildman–Crippen MR) is 93.6 cm³/mol. The Morgan fingerprint density at radius 3 is 2.68 bits per heavy atom. The first kappa shape index (κ1) is 15.8. The lowest BCUT2D eigenvalue weighted by molar-refractivity contribution is 0.255. The van der Waals surface area contributed by atoms with Gasteiger partial charge in [0, 0.05) is 6.54 Å². The highest BCUT2D eigenvalue weighted by Crippen LogP contribution is 2.27. The molecule has 3 aromatic rings. The van der Waals surface area contributed by atoms with Crippen LogP contribution < -0.4 is 10.1 Å². The zero-order valence-electron chi connectivity index (χ0n) is 14.2. The summed E-state index contributed by atoms with van der Waals surface area (Å²) in [6.07, 6.45) is 2.50. The number of nitrogens with zero attached hydrogens (tertiary/aromatic N) is 6. The van der Waals surface area contributed by atoms with E-state index in [0.29, 0.717) is 11.7 Å². The van der Waals surface area contributed by atoms with Gasteiger partial charge in [-0.2, -0.15) is 0 Å². The molecule has 25 heavy (non-hydrogen) atoms. The lowest BCUT2D eigenvalue weighted by Gasteiger charge is -2.28. The molecule has 4 rings (SSSR count). The molecule has 3 heterocycles. The van der Waals surface area contributed by atoms with Crippen molar-refractivity contribution in [1.82, 2.24) is 30.2 Å². The number of tetrazole rings is 1. The van der Waals surface area contributed by atoms with Gasteiger partial charge in [-0.1, -0.05) is 12.1 Å². The number of rotatable bonds is 6. The normalized spacial score (nSPS) is 16.2. The molecule has 0 saturated carbocycles. The maximum Gasteiger partial charge on any atom is 0.200 e. The Bertz CT molecular complexity index is 826. The quantitative estimate of drug-likeness (QED) is 0.733. The zero-order chi connectivity index (χ0) is 17.1. The van der Waals surface area contributed by atoms with Crippen molar-refractivity contribution in [3.8, 4) is 5.75 Å². The zero-order valence-corrected chi connectivity index (χ0v) is 14.2. The van der Waals surface area contributed by atoms with E-state index < -0.39 is 0 Å². The van der Waals surface area contributed by atoms with E-state index in [2.05, 4.69) is 43.0 Å². The Kier molecular flexibility index (Phi) is 4.43. The summed E-state index contributed by atoms with van der Waals surface area (Å²) in [7, 11) is 1.69. The van der Waals surface area contributed by atoms with Gasteiger partial charge < -0.3 is 10.1 Å². The van der Waals surface area contributed by atoms with Gasteiger partial charge in [-0.3, -0.25) is 4.90 Å². The number of fused-ring (bicyclic) bond motifs is 1. The van der Waals surface area contributed by atoms with Crippen molar-refractivity contribution in [2.24, 2.45) is 0 Å². The molecule has 0 aliphatic carbocycles. The lowest BCUT2D eigenvalue weighted by atomic mass is 10.1. The number of aromatic nitrogens is 5. The fraction of sp³-hybridized carbons (Fsp3) is 0.412. The standard InChI is InChI=1S/C17H21N7O/c1-25-14-6-4-13(5-7-14)15(23-10-2-3-11-23)12-18-16-8-9-17-19-21-22-24(17)20-16/h4-9,15H,2-3,10-12H2,1H3,(H,18,20)/t15-/m1/s1. The van der Waals surface area contributed by atoms with Gasteiger partial charge in [0.05, 0.1) is 13.2 Å². The Morgan fingerprint density at radius 2 is 1.92 bits per heavy atom. The highest BCUT2D eigenvalue weighted by molar-refractivity contribution is 5.42. The van der Waals surface area contributed by atoms with Crippen LogP contribution in [0.3, 0.4) is 0 Å². The number of likely N-dealkylation sites (tertiary alicyclic amines) is 1. The van der Waals surface area contributed by atoms with Crippen molar-refractivity contribution in [2.45, 2.75) is 18.9 Å². The fourth-order valence-corrected chi connectivity index (χ4v) is 3.28. The minimum absolute atomic E-state index is 0.291. The van der Waals surface area contributed by atoms with E-state index in [0.717, 1.165) is 31.2 Å². The number of methoxy groups -OCH3 is 1. The molecule has 0 radical (unpaired) electrons. The van der Waals surface area contributed by atoms with Crippen LogP contribution in [0.2, 0.25) is 0 Å². The van der Waals surface area contributed by atoms with E-state index >= 15 is 0 Å². The molecule has 8 nitrogen and oxygen atoms in total. The smallest absolute Gasteiger partial charge is 0.200 e. The van der Waals surface area contributed by atoms with Crippen molar-refractivity contribution in [2.75, 3.05) is 32.1 Å². The molecule has 1 aliphatic rings. The summed E-state index contributed by atoms with van der Waals surface area (Å²) in [6, 6.07) is 12.4. The number of benzene rings is 1. The monoisotopic (exact) mass is 339 g/mol. The van der Waals surface area contributed by atoms with Crippen molar-refractivity contribution >= 4 is 11.5 Å². The Balaban J connectivity index is 1.52. The number of ether oxygens (including phenoxy) is 1. The van der Waals surface area contributed by atoms with Gasteiger partial charge in [-0.25, -0.2) is 0 Å². The van der Waals surface area contributed by atoms with Gasteiger partial charge in [0.25, 0.3) is 0 Å². The van der Waals surface area contributed by atoms with Crippen molar-refractivity contribution in [3.05, 3.63) is 42.0 Å². The van der Waals surface area contributed by atoms with Crippen LogP contribution >= 0.6 is 0 Å². The molecule has 1 fully saturated rings. The third kappa shape index (κ3) is 3.39. The van der Waals surface area contributed by atoms with E-state index in [9.17, 15) is 0 Å². The largest absolute Gasteiger partial charge is 0.497 e. The molecular formula is C17H21N7O. The maximum absolute atomic E-state index is 5.28. The molecule has 0 amide bonds. The number of hydrogen-bond donors (Lipinski definition) is 1. The van der Waals surface area contributed by atoms with Crippen LogP contribution in [0.25, 0.3) is 5.65 Å². The molecule has 1 saturated heterocycles. The number of hydrogen-bond acceptors (Lipinski definition) is 7. The van der Waals surface area contributed by atoms with E-state index in [4.69, 9.17) is 4.74 Å². The van der Waals surface area contributed by atoms with Gasteiger partial charge in [-0.05, 0) is 66.2 Å². The predicted octanol–water partition coefficient (Wildman–Crippen LogP) is 1.78. The fourth-order valence-electron chi connectivity index (χ4n) is 3.28. The van der Waals surface area contributed by atoms with Gasteiger partial charge in [0.2, 0.25) is 0 Å². The minimum atomic E-state index is 0.291. The summed E-state index contributed by atoms with van der Waals surface area (Å²) in [5.41, 5.74) is 1.91. The summed E-state index contributed by atoms with van der Waals surface area (Å²) in [5.74, 6) is 1.64. The Morgan fingerprint density at radius 1 is 1.12 bits per heavy atom. The van der Waals surface area contributed by atoms with Gasteiger partial charge in [0.15, 0.2) is 5.65 Å². The molecule has 0 bridgehead atoms. The number of anilines is 1. The molecule has 0 unspecified atom stereocenters. The van der Waals surface area contributed by atoms with E-state index in [-0.39, 0.29) is 0 Å². The molecule has 1 aromatic carbocycles. The topological polar surface area (TPSA) is 80.5 Å². The molecule has 2 aromatic heterocycles. The first-order valence-electron chi connectivity index (χ1n) is 8.51. The van der Waals surface area contributed by atoms with Crippen LogP contribution in [-0.4, -0.2) is 56.9 Å². The molecule has 1 N–H and O–H groups in total. The van der Waals surface area contributed by atoms with Crippen LogP contribution in [-0.2, 0) is 0 Å². The van der Waals surface area contributed by atoms with Gasteiger partial charge in [-0.15, -0.1) is 14.8 Å². The first-order valence-corrected chi connectivity index (χ1v) is 8.51. The first-order chi connectivity index (χ1) is 12.3. The third-order valence-corrected chi connectivity index (χ3v) is 4.63. The van der Waals surface area contributed by atoms with Crippen LogP contribution in [0.15, 0.2) is 36.4 Å². The second-order valence-electron chi connectivity index (χ2n) is 6.16. The third-order valence-electron chi connectivity index (χ3n) is 4.63. The van der Waals surface area contributed by atoms with Crippen LogP contribution in [0, 0.1) is 0 Å². The van der Waals surface area contributed by atoms with Gasteiger partial charge >= 0.3 is 0 Å². The lowest BCUT2D eigenvalue weighted by Crippen LogP contribution is -2.31. The summed E-state index contributed by atoms with van der Waals surface area (Å²) in [6.45, 7) is 3.02. The Hall–Kier alpha value is -2.74. The summed E-state index contributed by atoms with van der Waals surface area (Å²) >= 11 is 0. The van der Waals surface area contributed by atoms with Crippen molar-refractivity contribution in [1.29, 1.82) is 0 Å². The molecule has 0 spiro atoms. The number of nitrogens with one attached hydrogen (secondary N) is 1. The van der Waals surface area contributed by atoms with Crippen LogP contribution in [0.1, 0.15) is 24.4 Å². The second-order valence-corrected chi connectivity index (χ2v) is 6.16. The van der Waals surface area contributed by atoms with E-state index in [1.54, 1.807) is 7.11 Å². The molecule has 8 heteroatoms.